The molecule has 6 heteroatoms. The van der Waals surface area contributed by atoms with Crippen molar-refractivity contribution in [2.75, 3.05) is 6.54 Å². The van der Waals surface area contributed by atoms with Gasteiger partial charge in [-0.25, -0.2) is 0 Å². The Bertz CT molecular complexity index is 891. The third-order valence-corrected chi connectivity index (χ3v) is 4.59. The van der Waals surface area contributed by atoms with Crippen molar-refractivity contribution in [2.45, 2.75) is 26.8 Å². The molecule has 1 amide bonds. The number of hydrogen-bond donors (Lipinski definition) is 2. The number of carbonyl (C=O) groups is 1. The van der Waals surface area contributed by atoms with Crippen molar-refractivity contribution in [3.63, 3.8) is 0 Å². The molecule has 0 aromatic carbocycles. The largest absolute Gasteiger partial charge is 0.365 e. The molecule has 4 rings (SSSR count). The zero-order chi connectivity index (χ0) is 16.7. The molecule has 0 aliphatic carbocycles. The van der Waals surface area contributed by atoms with Crippen molar-refractivity contribution >= 4 is 5.91 Å². The Morgan fingerprint density at radius 2 is 2.12 bits per heavy atom. The number of nitrogens with zero attached hydrogens (tertiary/aromatic N) is 3. The fourth-order valence-electron chi connectivity index (χ4n) is 3.17. The number of aryl methyl sites for hydroxylation is 2. The highest BCUT2D eigenvalue weighted by molar-refractivity contribution is 5.95. The van der Waals surface area contributed by atoms with Crippen molar-refractivity contribution in [3.8, 4) is 11.3 Å². The minimum Gasteiger partial charge on any atom is -0.365 e. The van der Waals surface area contributed by atoms with Gasteiger partial charge in [0, 0.05) is 60.1 Å². The lowest BCUT2D eigenvalue weighted by Gasteiger charge is -2.27. The van der Waals surface area contributed by atoms with Crippen LogP contribution in [0.15, 0.2) is 30.6 Å². The summed E-state index contributed by atoms with van der Waals surface area (Å²) in [4.78, 5) is 22.1. The molecule has 0 fully saturated rings. The van der Waals surface area contributed by atoms with Crippen LogP contribution in [0.4, 0.5) is 0 Å². The summed E-state index contributed by atoms with van der Waals surface area (Å²) in [6.07, 6.45) is 4.43. The maximum Gasteiger partial charge on any atom is 0.255 e. The predicted octanol–water partition coefficient (Wildman–Crippen LogP) is 2.62. The highest BCUT2D eigenvalue weighted by atomic mass is 16.2. The molecule has 3 aromatic heterocycles. The number of pyridine rings is 1. The van der Waals surface area contributed by atoms with Crippen LogP contribution < -0.4 is 0 Å². The van der Waals surface area contributed by atoms with Crippen LogP contribution in [0.2, 0.25) is 0 Å². The Morgan fingerprint density at radius 3 is 2.83 bits per heavy atom. The summed E-state index contributed by atoms with van der Waals surface area (Å²) in [7, 11) is 0. The number of fused-ring (bicyclic) bond motifs is 1. The van der Waals surface area contributed by atoms with Crippen molar-refractivity contribution in [1.82, 2.24) is 25.1 Å². The quantitative estimate of drug-likeness (QED) is 0.761. The van der Waals surface area contributed by atoms with Gasteiger partial charge < -0.3 is 9.88 Å². The van der Waals surface area contributed by atoms with Crippen LogP contribution in [0.5, 0.6) is 0 Å². The van der Waals surface area contributed by atoms with Crippen LogP contribution in [-0.2, 0) is 13.0 Å². The molecule has 1 aliphatic rings. The molecule has 122 valence electrons. The smallest absolute Gasteiger partial charge is 0.255 e. The van der Waals surface area contributed by atoms with E-state index in [1.54, 1.807) is 6.20 Å². The monoisotopic (exact) mass is 321 g/mol. The van der Waals surface area contributed by atoms with Crippen LogP contribution in [0.3, 0.4) is 0 Å². The lowest BCUT2D eigenvalue weighted by molar-refractivity contribution is 0.0734. The Morgan fingerprint density at radius 1 is 1.25 bits per heavy atom. The lowest BCUT2D eigenvalue weighted by atomic mass is 10.0. The number of aromatic amines is 2. The van der Waals surface area contributed by atoms with Crippen LogP contribution >= 0.6 is 0 Å². The van der Waals surface area contributed by atoms with Crippen molar-refractivity contribution in [3.05, 3.63) is 58.8 Å². The Hall–Kier alpha value is -2.89. The highest BCUT2D eigenvalue weighted by Crippen LogP contribution is 2.28. The van der Waals surface area contributed by atoms with Crippen LogP contribution in [-0.4, -0.2) is 37.5 Å². The fourth-order valence-corrected chi connectivity index (χ4v) is 3.17. The molecular weight excluding hydrogens is 302 g/mol. The zero-order valence-corrected chi connectivity index (χ0v) is 13.8. The molecule has 0 bridgehead atoms. The molecule has 6 nitrogen and oxygen atoms in total. The molecule has 4 heterocycles. The first-order chi connectivity index (χ1) is 11.6. The Balaban J connectivity index is 1.65. The standard InChI is InChI=1S/C18H19N5O/c1-11-3-4-13(9-20-11)17-15-10-23(8-6-16(15)21-22-17)18(24)14-5-7-19-12(14)2/h3-5,7,9,19H,6,8,10H2,1-2H3,(H,21,22). The van der Waals surface area contributed by atoms with Gasteiger partial charge in [0.2, 0.25) is 0 Å². The summed E-state index contributed by atoms with van der Waals surface area (Å²) < 4.78 is 0. The summed E-state index contributed by atoms with van der Waals surface area (Å²) in [5.74, 6) is 0.0635. The van der Waals surface area contributed by atoms with Crippen molar-refractivity contribution < 1.29 is 4.79 Å². The zero-order valence-electron chi connectivity index (χ0n) is 13.8. The molecule has 0 spiro atoms. The Kier molecular flexibility index (Phi) is 3.45. The summed E-state index contributed by atoms with van der Waals surface area (Å²) in [6, 6.07) is 5.84. The van der Waals surface area contributed by atoms with Gasteiger partial charge >= 0.3 is 0 Å². The first kappa shape index (κ1) is 14.7. The minimum atomic E-state index is 0.0635. The predicted molar refractivity (Wildman–Crippen MR) is 90.5 cm³/mol. The van der Waals surface area contributed by atoms with Gasteiger partial charge in [0.15, 0.2) is 0 Å². The van der Waals surface area contributed by atoms with Gasteiger partial charge in [-0.1, -0.05) is 0 Å². The first-order valence-electron chi connectivity index (χ1n) is 8.06. The van der Waals surface area contributed by atoms with E-state index in [0.29, 0.717) is 13.1 Å². The fraction of sp³-hybridized carbons (Fsp3) is 0.278. The van der Waals surface area contributed by atoms with E-state index < -0.39 is 0 Å². The lowest BCUT2D eigenvalue weighted by Crippen LogP contribution is -2.36. The van der Waals surface area contributed by atoms with Crippen LogP contribution in [0, 0.1) is 13.8 Å². The second-order valence-corrected chi connectivity index (χ2v) is 6.21. The molecule has 0 unspecified atom stereocenters. The van der Waals surface area contributed by atoms with E-state index in [2.05, 4.69) is 20.2 Å². The van der Waals surface area contributed by atoms with E-state index in [1.807, 2.05) is 43.1 Å². The Labute approximate surface area is 139 Å². The second kappa shape index (κ2) is 5.63. The van der Waals surface area contributed by atoms with Gasteiger partial charge in [0.25, 0.3) is 5.91 Å². The first-order valence-corrected chi connectivity index (χ1v) is 8.06. The molecule has 0 atom stereocenters. The number of rotatable bonds is 2. The molecule has 0 radical (unpaired) electrons. The maximum absolute atomic E-state index is 12.8. The minimum absolute atomic E-state index is 0.0635. The van der Waals surface area contributed by atoms with Gasteiger partial charge in [-0.05, 0) is 32.0 Å². The van der Waals surface area contributed by atoms with Gasteiger partial charge in [0.1, 0.15) is 0 Å². The number of carbonyl (C=O) groups excluding carboxylic acids is 1. The molecule has 24 heavy (non-hydrogen) atoms. The molecule has 1 aliphatic heterocycles. The molecular formula is C18H19N5O. The number of H-pyrrole nitrogens is 2. The summed E-state index contributed by atoms with van der Waals surface area (Å²) >= 11 is 0. The average molecular weight is 321 g/mol. The van der Waals surface area contributed by atoms with Gasteiger partial charge in [-0.3, -0.25) is 14.9 Å². The van der Waals surface area contributed by atoms with E-state index in [4.69, 9.17) is 0 Å². The van der Waals surface area contributed by atoms with E-state index >= 15 is 0 Å². The van der Waals surface area contributed by atoms with Crippen LogP contribution in [0.25, 0.3) is 11.3 Å². The van der Waals surface area contributed by atoms with Crippen LogP contribution in [0.1, 0.15) is 33.0 Å². The molecule has 0 saturated carbocycles. The van der Waals surface area contributed by atoms with E-state index in [0.717, 1.165) is 45.9 Å². The molecule has 3 aromatic rings. The summed E-state index contributed by atoms with van der Waals surface area (Å²) in [6.45, 7) is 5.15. The number of aromatic nitrogens is 4. The number of hydrogen-bond acceptors (Lipinski definition) is 3. The number of nitrogens with one attached hydrogen (secondary N) is 2. The summed E-state index contributed by atoms with van der Waals surface area (Å²) in [5, 5.41) is 7.59. The SMILES string of the molecule is Cc1ccc(-c2n[nH]c3c2CN(C(=O)c2cc[nH]c2C)CC3)cn1. The van der Waals surface area contributed by atoms with E-state index in [1.165, 1.54) is 0 Å². The normalized spacial score (nSPS) is 13.8. The summed E-state index contributed by atoms with van der Waals surface area (Å²) in [5.41, 5.74) is 6.68. The molecule has 0 saturated heterocycles. The van der Waals surface area contributed by atoms with Crippen molar-refractivity contribution in [2.24, 2.45) is 0 Å². The molecule has 2 N–H and O–H groups in total. The maximum atomic E-state index is 12.8. The number of amides is 1. The van der Waals surface area contributed by atoms with E-state index in [-0.39, 0.29) is 5.91 Å². The van der Waals surface area contributed by atoms with Gasteiger partial charge in [-0.2, -0.15) is 5.10 Å². The second-order valence-electron chi connectivity index (χ2n) is 6.21. The van der Waals surface area contributed by atoms with Gasteiger partial charge in [0.05, 0.1) is 11.3 Å². The third-order valence-electron chi connectivity index (χ3n) is 4.59. The highest BCUT2D eigenvalue weighted by Gasteiger charge is 2.27. The van der Waals surface area contributed by atoms with E-state index in [9.17, 15) is 4.79 Å². The average Bonchev–Trinajstić information content (AvgIpc) is 3.20. The third kappa shape index (κ3) is 2.40. The van der Waals surface area contributed by atoms with Crippen molar-refractivity contribution in [1.29, 1.82) is 0 Å². The topological polar surface area (TPSA) is 77.7 Å². The van der Waals surface area contributed by atoms with Gasteiger partial charge in [-0.15, -0.1) is 0 Å².